The molecule has 1 aromatic heterocycles. The van der Waals surface area contributed by atoms with Crippen molar-refractivity contribution in [2.24, 2.45) is 0 Å². The minimum absolute atomic E-state index is 0.325. The molecule has 0 spiro atoms. The van der Waals surface area contributed by atoms with Crippen molar-refractivity contribution in [1.82, 2.24) is 20.1 Å². The van der Waals surface area contributed by atoms with Gasteiger partial charge in [-0.1, -0.05) is 0 Å². The quantitative estimate of drug-likeness (QED) is 0.168. The van der Waals surface area contributed by atoms with E-state index in [1.165, 1.54) is 51.3 Å². The normalized spacial score (nSPS) is 13.9. The molecule has 0 atom stereocenters. The highest BCUT2D eigenvalue weighted by atomic mass is 19.1. The standard InChI is InChI=1S/C17H17FN2O2.C12H25N3O.CH4O/c1-10-15(9-22)11(2)20-17(10)6-12(8-21)14-7-13(18)4-5-16(14)19-3;1-13-5-4-7-15-10-8-14(9-11-15)6-2-3-12-16;1-2/h4-9,19-20H,1-3H3;12-13H,2-11H2,1H3;2H,1H3/b12-6+;;. The lowest BCUT2D eigenvalue weighted by Crippen LogP contribution is -2.47. The van der Waals surface area contributed by atoms with Gasteiger partial charge in [0.25, 0.3) is 0 Å². The summed E-state index contributed by atoms with van der Waals surface area (Å²) in [7, 11) is 4.71. The summed E-state index contributed by atoms with van der Waals surface area (Å²) in [6, 6.07) is 4.20. The molecule has 10 heteroatoms. The maximum atomic E-state index is 13.5. The van der Waals surface area contributed by atoms with Crippen LogP contribution in [-0.4, -0.2) is 106 Å². The lowest BCUT2D eigenvalue weighted by Gasteiger charge is -2.34. The van der Waals surface area contributed by atoms with Crippen LogP contribution in [0.2, 0.25) is 0 Å². The van der Waals surface area contributed by atoms with Crippen LogP contribution in [-0.2, 0) is 9.59 Å². The predicted molar refractivity (Wildman–Crippen MR) is 160 cm³/mol. The van der Waals surface area contributed by atoms with Crippen molar-refractivity contribution in [2.45, 2.75) is 33.1 Å². The van der Waals surface area contributed by atoms with Gasteiger partial charge in [0.15, 0.2) is 12.6 Å². The molecule has 4 N–H and O–H groups in total. The fraction of sp³-hybridized carbons (Fsp3) is 0.500. The van der Waals surface area contributed by atoms with Gasteiger partial charge in [-0.25, -0.2) is 4.39 Å². The SMILES string of the molecule is CNCCCN1CCN(CCCC=O)CC1.CNc1ccc(F)cc1/C(C=O)=C/c1[nH]c(C)c(C=O)c1C.CO. The number of anilines is 1. The molecule has 9 nitrogen and oxygen atoms in total. The average molecular weight is 560 g/mol. The van der Waals surface area contributed by atoms with Crippen molar-refractivity contribution >= 4 is 36.2 Å². The molecular formula is C30H46FN5O4. The van der Waals surface area contributed by atoms with Crippen LogP contribution >= 0.6 is 0 Å². The second-order valence-electron chi connectivity index (χ2n) is 9.43. The number of aromatic nitrogens is 1. The van der Waals surface area contributed by atoms with Gasteiger partial charge in [-0.05, 0) is 83.2 Å². The number of carbonyl (C=O) groups is 3. The minimum atomic E-state index is -0.422. The number of aliphatic hydroxyl groups is 1. The third-order valence-electron chi connectivity index (χ3n) is 6.80. The molecule has 0 amide bonds. The molecule has 40 heavy (non-hydrogen) atoms. The molecule has 0 radical (unpaired) electrons. The first-order chi connectivity index (χ1) is 19.4. The maximum Gasteiger partial charge on any atom is 0.152 e. The van der Waals surface area contributed by atoms with Crippen LogP contribution in [0.15, 0.2) is 18.2 Å². The summed E-state index contributed by atoms with van der Waals surface area (Å²) in [6.07, 6.45) is 7.06. The molecule has 0 aliphatic carbocycles. The zero-order valence-electron chi connectivity index (χ0n) is 24.6. The number of nitrogens with zero attached hydrogens (tertiary/aromatic N) is 2. The number of hydrogen-bond acceptors (Lipinski definition) is 8. The first-order valence-electron chi connectivity index (χ1n) is 13.6. The van der Waals surface area contributed by atoms with Gasteiger partial charge in [0.1, 0.15) is 12.1 Å². The second kappa shape index (κ2) is 19.8. The number of carbonyl (C=O) groups excluding carboxylic acids is 3. The summed E-state index contributed by atoms with van der Waals surface area (Å²) in [5.41, 5.74) is 4.17. The number of nitrogens with one attached hydrogen (secondary N) is 3. The Morgan fingerprint density at radius 2 is 1.65 bits per heavy atom. The average Bonchev–Trinajstić information content (AvgIpc) is 3.25. The number of allylic oxidation sites excluding steroid dienone is 1. The summed E-state index contributed by atoms with van der Waals surface area (Å²) in [4.78, 5) is 40.8. The maximum absolute atomic E-state index is 13.5. The Hall–Kier alpha value is -3.18. The van der Waals surface area contributed by atoms with E-state index in [1.807, 2.05) is 7.05 Å². The number of H-pyrrole nitrogens is 1. The highest BCUT2D eigenvalue weighted by Gasteiger charge is 2.15. The van der Waals surface area contributed by atoms with E-state index in [0.717, 1.165) is 50.4 Å². The van der Waals surface area contributed by atoms with Crippen LogP contribution < -0.4 is 10.6 Å². The monoisotopic (exact) mass is 559 g/mol. The summed E-state index contributed by atoms with van der Waals surface area (Å²) in [5.74, 6) is -0.422. The summed E-state index contributed by atoms with van der Waals surface area (Å²) >= 11 is 0. The Morgan fingerprint density at radius 1 is 1.02 bits per heavy atom. The van der Waals surface area contributed by atoms with Crippen LogP contribution in [0.3, 0.4) is 0 Å². The van der Waals surface area contributed by atoms with E-state index in [0.29, 0.717) is 40.8 Å². The highest BCUT2D eigenvalue weighted by Crippen LogP contribution is 2.27. The van der Waals surface area contributed by atoms with Crippen molar-refractivity contribution in [3.05, 3.63) is 52.1 Å². The van der Waals surface area contributed by atoms with Crippen LogP contribution in [0, 0.1) is 19.7 Å². The van der Waals surface area contributed by atoms with E-state index < -0.39 is 5.82 Å². The van der Waals surface area contributed by atoms with Gasteiger partial charge in [0.05, 0.1) is 0 Å². The van der Waals surface area contributed by atoms with Gasteiger partial charge in [-0.15, -0.1) is 0 Å². The third-order valence-corrected chi connectivity index (χ3v) is 6.80. The van der Waals surface area contributed by atoms with Gasteiger partial charge in [0, 0.05) is 80.5 Å². The molecule has 1 aromatic carbocycles. The Bertz CT molecular complexity index is 1080. The Morgan fingerprint density at radius 3 is 2.15 bits per heavy atom. The van der Waals surface area contributed by atoms with Gasteiger partial charge in [-0.3, -0.25) is 9.59 Å². The van der Waals surface area contributed by atoms with Crippen molar-refractivity contribution in [2.75, 3.05) is 72.3 Å². The smallest absolute Gasteiger partial charge is 0.152 e. The highest BCUT2D eigenvalue weighted by molar-refractivity contribution is 6.15. The number of aldehydes is 3. The molecule has 0 unspecified atom stereocenters. The molecule has 3 rings (SSSR count). The van der Waals surface area contributed by atoms with Crippen LogP contribution in [0.4, 0.5) is 10.1 Å². The van der Waals surface area contributed by atoms with Crippen molar-refractivity contribution in [3.8, 4) is 0 Å². The fourth-order valence-electron chi connectivity index (χ4n) is 4.53. The molecule has 0 saturated carbocycles. The largest absolute Gasteiger partial charge is 0.400 e. The number of unbranched alkanes of at least 4 members (excludes halogenated alkanes) is 1. The van der Waals surface area contributed by atoms with Crippen molar-refractivity contribution in [1.29, 1.82) is 0 Å². The molecule has 1 fully saturated rings. The van der Waals surface area contributed by atoms with E-state index in [-0.39, 0.29) is 0 Å². The number of piperazine rings is 1. The first-order valence-corrected chi connectivity index (χ1v) is 13.6. The molecule has 1 aliphatic rings. The summed E-state index contributed by atoms with van der Waals surface area (Å²) in [6.45, 7) is 11.7. The second-order valence-corrected chi connectivity index (χ2v) is 9.43. The third kappa shape index (κ3) is 11.1. The summed E-state index contributed by atoms with van der Waals surface area (Å²) < 4.78 is 13.5. The van der Waals surface area contributed by atoms with Gasteiger partial charge in [0.2, 0.25) is 0 Å². The number of halogens is 1. The number of benzene rings is 1. The number of aliphatic hydroxyl groups excluding tert-OH is 1. The predicted octanol–water partition coefficient (Wildman–Crippen LogP) is 3.17. The summed E-state index contributed by atoms with van der Waals surface area (Å²) in [5, 5.41) is 13.1. The van der Waals surface area contributed by atoms with E-state index in [4.69, 9.17) is 5.11 Å². The number of rotatable bonds is 13. The number of hydrogen-bond donors (Lipinski definition) is 4. The van der Waals surface area contributed by atoms with Crippen molar-refractivity contribution in [3.63, 3.8) is 0 Å². The fourth-order valence-corrected chi connectivity index (χ4v) is 4.53. The first kappa shape index (κ1) is 34.8. The lowest BCUT2D eigenvalue weighted by atomic mass is 10.0. The minimum Gasteiger partial charge on any atom is -0.400 e. The number of aryl methyl sites for hydroxylation is 1. The zero-order valence-corrected chi connectivity index (χ0v) is 24.6. The van der Waals surface area contributed by atoms with Gasteiger partial charge < -0.3 is 35.3 Å². The van der Waals surface area contributed by atoms with E-state index >= 15 is 0 Å². The Kier molecular flexibility index (Phi) is 17.3. The van der Waals surface area contributed by atoms with Gasteiger partial charge >= 0.3 is 0 Å². The van der Waals surface area contributed by atoms with Gasteiger partial charge in [-0.2, -0.15) is 0 Å². The van der Waals surface area contributed by atoms with Crippen LogP contribution in [0.25, 0.3) is 11.6 Å². The molecule has 2 aromatic rings. The topological polar surface area (TPSA) is 118 Å². The molecular weight excluding hydrogens is 513 g/mol. The molecule has 222 valence electrons. The number of aromatic amines is 1. The Balaban J connectivity index is 0.000000394. The molecule has 1 saturated heterocycles. The van der Waals surface area contributed by atoms with Crippen molar-refractivity contribution < 1.29 is 23.9 Å². The zero-order chi connectivity index (χ0) is 29.9. The van der Waals surface area contributed by atoms with E-state index in [1.54, 1.807) is 33.0 Å². The van der Waals surface area contributed by atoms with E-state index in [2.05, 4.69) is 25.4 Å². The molecule has 1 aliphatic heterocycles. The lowest BCUT2D eigenvalue weighted by molar-refractivity contribution is -0.108. The van der Waals surface area contributed by atoms with E-state index in [9.17, 15) is 18.8 Å². The molecule has 2 heterocycles. The van der Waals surface area contributed by atoms with Crippen LogP contribution in [0.1, 0.15) is 52.1 Å². The molecule has 0 bridgehead atoms. The van der Waals surface area contributed by atoms with Crippen LogP contribution in [0.5, 0.6) is 0 Å². The Labute approximate surface area is 237 Å².